The Morgan fingerprint density at radius 1 is 1.06 bits per heavy atom. The van der Waals surface area contributed by atoms with Gasteiger partial charge in [0.2, 0.25) is 10.0 Å². The van der Waals surface area contributed by atoms with Gasteiger partial charge in [-0.2, -0.15) is 0 Å². The Balaban J connectivity index is 2.14. The number of anilines is 1. The average Bonchev–Trinajstić information content (AvgIpc) is 2.73. The molecular formula is C21H28N2O7S. The second-order valence-electron chi connectivity index (χ2n) is 6.86. The van der Waals surface area contributed by atoms with Crippen molar-refractivity contribution in [2.24, 2.45) is 0 Å². The van der Waals surface area contributed by atoms with Crippen LogP contribution in [0.5, 0.6) is 11.5 Å². The quantitative estimate of drug-likeness (QED) is 0.449. The van der Waals surface area contributed by atoms with Crippen molar-refractivity contribution in [1.29, 1.82) is 0 Å². The number of rotatable bonds is 12. The molecule has 31 heavy (non-hydrogen) atoms. The molecule has 0 fully saturated rings. The topological polar surface area (TPSA) is 123 Å². The molecule has 2 aromatic carbocycles. The third kappa shape index (κ3) is 6.58. The van der Waals surface area contributed by atoms with Gasteiger partial charge in [0.1, 0.15) is 0 Å². The highest BCUT2D eigenvalue weighted by Crippen LogP contribution is 2.28. The van der Waals surface area contributed by atoms with Crippen LogP contribution in [0.2, 0.25) is 0 Å². The monoisotopic (exact) mass is 452 g/mol. The van der Waals surface area contributed by atoms with E-state index in [1.165, 1.54) is 19.2 Å². The van der Waals surface area contributed by atoms with Gasteiger partial charge in [0.15, 0.2) is 11.5 Å². The van der Waals surface area contributed by atoms with Crippen LogP contribution < -0.4 is 19.5 Å². The Hall–Kier alpha value is -2.82. The molecule has 1 atom stereocenters. The highest BCUT2D eigenvalue weighted by molar-refractivity contribution is 7.89. The zero-order chi connectivity index (χ0) is 23.0. The van der Waals surface area contributed by atoms with Crippen molar-refractivity contribution in [1.82, 2.24) is 4.72 Å². The van der Waals surface area contributed by atoms with E-state index in [1.807, 2.05) is 12.1 Å². The van der Waals surface area contributed by atoms with Crippen LogP contribution in [0.25, 0.3) is 0 Å². The summed E-state index contributed by atoms with van der Waals surface area (Å²) >= 11 is 0. The third-order valence-corrected chi connectivity index (χ3v) is 6.07. The van der Waals surface area contributed by atoms with Crippen molar-refractivity contribution in [3.8, 4) is 11.5 Å². The highest BCUT2D eigenvalue weighted by Gasteiger charge is 2.21. The van der Waals surface area contributed by atoms with E-state index >= 15 is 0 Å². The van der Waals surface area contributed by atoms with E-state index in [0.717, 1.165) is 11.6 Å². The standard InChI is InChI=1S/C21H28N2O7S/c1-14(13-28-2)23-31(26,27)16-6-7-18(17(12-16)21(24)25)22-10-9-15-5-8-19(29-3)20(11-15)30-4/h5-8,11-12,14,22-23H,9-10,13H2,1-4H3,(H,24,25). The van der Waals surface area contributed by atoms with Crippen LogP contribution in [0.4, 0.5) is 5.69 Å². The van der Waals surface area contributed by atoms with Crippen molar-refractivity contribution < 1.29 is 32.5 Å². The first-order valence-corrected chi connectivity index (χ1v) is 11.0. The number of methoxy groups -OCH3 is 3. The Morgan fingerprint density at radius 2 is 1.77 bits per heavy atom. The maximum absolute atomic E-state index is 12.5. The summed E-state index contributed by atoms with van der Waals surface area (Å²) in [6, 6.07) is 9.05. The van der Waals surface area contributed by atoms with Gasteiger partial charge in [0.25, 0.3) is 0 Å². The molecule has 0 aromatic heterocycles. The third-order valence-electron chi connectivity index (χ3n) is 4.48. The fourth-order valence-corrected chi connectivity index (χ4v) is 4.27. The maximum Gasteiger partial charge on any atom is 0.337 e. The van der Waals surface area contributed by atoms with Crippen LogP contribution in [-0.4, -0.2) is 60.0 Å². The van der Waals surface area contributed by atoms with Gasteiger partial charge < -0.3 is 24.6 Å². The molecule has 2 aromatic rings. The first-order chi connectivity index (χ1) is 14.7. The van der Waals surface area contributed by atoms with E-state index in [4.69, 9.17) is 14.2 Å². The van der Waals surface area contributed by atoms with Gasteiger partial charge in [-0.15, -0.1) is 0 Å². The zero-order valence-electron chi connectivity index (χ0n) is 18.0. The molecule has 0 aliphatic rings. The number of carboxylic acids is 1. The number of nitrogens with one attached hydrogen (secondary N) is 2. The number of aromatic carboxylic acids is 1. The van der Waals surface area contributed by atoms with E-state index in [9.17, 15) is 18.3 Å². The molecule has 170 valence electrons. The first-order valence-electron chi connectivity index (χ1n) is 9.55. The average molecular weight is 453 g/mol. The highest BCUT2D eigenvalue weighted by atomic mass is 32.2. The van der Waals surface area contributed by atoms with Gasteiger partial charge in [0, 0.05) is 25.4 Å². The minimum absolute atomic E-state index is 0.127. The predicted molar refractivity (Wildman–Crippen MR) is 117 cm³/mol. The Bertz CT molecular complexity index is 1010. The van der Waals surface area contributed by atoms with Gasteiger partial charge in [-0.25, -0.2) is 17.9 Å². The van der Waals surface area contributed by atoms with Crippen molar-refractivity contribution in [2.75, 3.05) is 39.8 Å². The molecule has 9 nitrogen and oxygen atoms in total. The molecule has 10 heteroatoms. The number of hydrogen-bond donors (Lipinski definition) is 3. The second kappa shape index (κ2) is 11.0. The Kier molecular flexibility index (Phi) is 8.66. The summed E-state index contributed by atoms with van der Waals surface area (Å²) in [6.45, 7) is 2.29. The summed E-state index contributed by atoms with van der Waals surface area (Å²) in [7, 11) is 0.704. The number of sulfonamides is 1. The number of benzene rings is 2. The van der Waals surface area contributed by atoms with E-state index in [-0.39, 0.29) is 17.1 Å². The second-order valence-corrected chi connectivity index (χ2v) is 8.57. The molecular weight excluding hydrogens is 424 g/mol. The molecule has 0 bridgehead atoms. The lowest BCUT2D eigenvalue weighted by molar-refractivity contribution is 0.0697. The Labute approximate surface area is 182 Å². The molecule has 0 aliphatic carbocycles. The van der Waals surface area contributed by atoms with E-state index in [2.05, 4.69) is 10.0 Å². The SMILES string of the molecule is COCC(C)NS(=O)(=O)c1ccc(NCCc2ccc(OC)c(OC)c2)c(C(=O)O)c1. The summed E-state index contributed by atoms with van der Waals surface area (Å²) in [6.07, 6.45) is 0.593. The van der Waals surface area contributed by atoms with E-state index < -0.39 is 22.0 Å². The lowest BCUT2D eigenvalue weighted by Gasteiger charge is -2.15. The fourth-order valence-electron chi connectivity index (χ4n) is 3.02. The van der Waals surface area contributed by atoms with Crippen LogP contribution in [-0.2, 0) is 21.2 Å². The first kappa shape index (κ1) is 24.4. The van der Waals surface area contributed by atoms with Gasteiger partial charge in [-0.1, -0.05) is 6.07 Å². The van der Waals surface area contributed by atoms with Crippen LogP contribution in [0, 0.1) is 0 Å². The normalized spacial score (nSPS) is 12.3. The molecule has 0 saturated carbocycles. The minimum Gasteiger partial charge on any atom is -0.493 e. The Morgan fingerprint density at radius 3 is 2.39 bits per heavy atom. The lowest BCUT2D eigenvalue weighted by atomic mass is 10.1. The summed E-state index contributed by atoms with van der Waals surface area (Å²) in [5.74, 6) is 0.00388. The number of hydrogen-bond acceptors (Lipinski definition) is 7. The summed E-state index contributed by atoms with van der Waals surface area (Å²) in [5, 5.41) is 12.6. The van der Waals surface area contributed by atoms with Crippen molar-refractivity contribution in [2.45, 2.75) is 24.3 Å². The van der Waals surface area contributed by atoms with Crippen LogP contribution >= 0.6 is 0 Å². The molecule has 2 rings (SSSR count). The molecule has 0 saturated heterocycles. The lowest BCUT2D eigenvalue weighted by Crippen LogP contribution is -2.35. The summed E-state index contributed by atoms with van der Waals surface area (Å²) in [4.78, 5) is 11.6. The largest absolute Gasteiger partial charge is 0.493 e. The van der Waals surface area contributed by atoms with E-state index in [1.54, 1.807) is 27.2 Å². The maximum atomic E-state index is 12.5. The zero-order valence-corrected chi connectivity index (χ0v) is 18.8. The van der Waals surface area contributed by atoms with Gasteiger partial charge >= 0.3 is 5.97 Å². The smallest absolute Gasteiger partial charge is 0.337 e. The molecule has 0 aliphatic heterocycles. The van der Waals surface area contributed by atoms with Crippen molar-refractivity contribution >= 4 is 21.7 Å². The summed E-state index contributed by atoms with van der Waals surface area (Å²) < 4.78 is 42.9. The van der Waals surface area contributed by atoms with Gasteiger partial charge in [-0.05, 0) is 49.2 Å². The van der Waals surface area contributed by atoms with Crippen molar-refractivity contribution in [3.05, 3.63) is 47.5 Å². The van der Waals surface area contributed by atoms with Crippen molar-refractivity contribution in [3.63, 3.8) is 0 Å². The molecule has 0 heterocycles. The molecule has 1 unspecified atom stereocenters. The number of carboxylic acid groups (broad SMARTS) is 1. The molecule has 0 amide bonds. The molecule has 0 radical (unpaired) electrons. The number of ether oxygens (including phenoxy) is 3. The van der Waals surface area contributed by atoms with Gasteiger partial charge in [-0.3, -0.25) is 0 Å². The minimum atomic E-state index is -3.88. The van der Waals surface area contributed by atoms with Crippen LogP contribution in [0.15, 0.2) is 41.3 Å². The molecule has 3 N–H and O–H groups in total. The van der Waals surface area contributed by atoms with Gasteiger partial charge in [0.05, 0.1) is 31.3 Å². The molecule has 0 spiro atoms. The van der Waals surface area contributed by atoms with E-state index in [0.29, 0.717) is 30.2 Å². The van der Waals surface area contributed by atoms with Crippen LogP contribution in [0.1, 0.15) is 22.8 Å². The predicted octanol–water partition coefficient (Wildman–Crippen LogP) is 2.37. The fraction of sp³-hybridized carbons (Fsp3) is 0.381. The van der Waals surface area contributed by atoms with Crippen LogP contribution in [0.3, 0.4) is 0 Å². The summed E-state index contributed by atoms with van der Waals surface area (Å²) in [5.41, 5.74) is 1.17. The number of carbonyl (C=O) groups is 1.